The molecule has 1 heterocycles. The summed E-state index contributed by atoms with van der Waals surface area (Å²) < 4.78 is 47.2. The van der Waals surface area contributed by atoms with Crippen LogP contribution in [0.2, 0.25) is 0 Å². The Morgan fingerprint density at radius 1 is 0.950 bits per heavy atom. The molecule has 0 N–H and O–H groups in total. The van der Waals surface area contributed by atoms with Crippen molar-refractivity contribution in [1.82, 2.24) is 4.90 Å². The maximum Gasteiger partial charge on any atom is 0.152 e. The van der Waals surface area contributed by atoms with Crippen molar-refractivity contribution in [3.05, 3.63) is 35.9 Å². The first-order chi connectivity index (χ1) is 9.18. The summed E-state index contributed by atoms with van der Waals surface area (Å²) in [6.07, 6.45) is 2.23. The second-order valence-corrected chi connectivity index (χ2v) is 9.94. The van der Waals surface area contributed by atoms with E-state index >= 15 is 0 Å². The van der Waals surface area contributed by atoms with Gasteiger partial charge >= 0.3 is 0 Å². The molecule has 7 heteroatoms. The van der Waals surface area contributed by atoms with Gasteiger partial charge in [-0.1, -0.05) is 30.3 Å². The molecule has 112 valence electrons. The molecule has 0 bridgehead atoms. The van der Waals surface area contributed by atoms with E-state index in [2.05, 4.69) is 0 Å². The standard InChI is InChI=1S/C13H19NO4S2/c1-19(15,16)12-9-14(10-13(12)20(2,17)18)8-11-6-4-3-5-7-11/h3-7,12-13H,8-10H2,1-2H3/t12-,13-/m0/s1. The summed E-state index contributed by atoms with van der Waals surface area (Å²) >= 11 is 0. The van der Waals surface area contributed by atoms with Crippen LogP contribution in [0.5, 0.6) is 0 Å². The molecule has 0 aromatic heterocycles. The Bertz CT molecular complexity index is 628. The van der Waals surface area contributed by atoms with E-state index in [4.69, 9.17) is 0 Å². The van der Waals surface area contributed by atoms with Crippen LogP contribution in [0.3, 0.4) is 0 Å². The van der Waals surface area contributed by atoms with Crippen LogP contribution < -0.4 is 0 Å². The van der Waals surface area contributed by atoms with Crippen LogP contribution >= 0.6 is 0 Å². The van der Waals surface area contributed by atoms with Gasteiger partial charge in [-0.2, -0.15) is 0 Å². The molecule has 1 saturated heterocycles. The quantitative estimate of drug-likeness (QED) is 0.800. The molecule has 0 aliphatic carbocycles. The number of rotatable bonds is 4. The van der Waals surface area contributed by atoms with Gasteiger partial charge in [-0.05, 0) is 5.56 Å². The number of likely N-dealkylation sites (tertiary alicyclic amines) is 1. The molecule has 1 aliphatic heterocycles. The summed E-state index contributed by atoms with van der Waals surface area (Å²) in [6.45, 7) is 1.11. The number of benzene rings is 1. The Balaban J connectivity index is 2.21. The highest BCUT2D eigenvalue weighted by atomic mass is 32.2. The smallest absolute Gasteiger partial charge is 0.152 e. The highest BCUT2D eigenvalue weighted by Gasteiger charge is 2.44. The Morgan fingerprint density at radius 3 is 1.80 bits per heavy atom. The van der Waals surface area contributed by atoms with Crippen LogP contribution in [0.25, 0.3) is 0 Å². The van der Waals surface area contributed by atoms with Gasteiger partial charge in [-0.15, -0.1) is 0 Å². The van der Waals surface area contributed by atoms with Gasteiger partial charge in [0, 0.05) is 32.1 Å². The maximum atomic E-state index is 11.8. The highest BCUT2D eigenvalue weighted by molar-refractivity contribution is 7.95. The van der Waals surface area contributed by atoms with Gasteiger partial charge in [-0.25, -0.2) is 16.8 Å². The molecule has 20 heavy (non-hydrogen) atoms. The molecule has 1 aliphatic rings. The summed E-state index contributed by atoms with van der Waals surface area (Å²) in [7, 11) is -6.76. The molecule has 1 aromatic rings. The molecule has 0 radical (unpaired) electrons. The van der Waals surface area contributed by atoms with Gasteiger partial charge in [0.2, 0.25) is 0 Å². The predicted molar refractivity (Wildman–Crippen MR) is 79.0 cm³/mol. The van der Waals surface area contributed by atoms with E-state index in [0.29, 0.717) is 6.54 Å². The molecule has 1 aromatic carbocycles. The zero-order valence-corrected chi connectivity index (χ0v) is 13.2. The number of hydrogen-bond acceptors (Lipinski definition) is 5. The van der Waals surface area contributed by atoms with Crippen LogP contribution in [-0.2, 0) is 26.2 Å². The first kappa shape index (κ1) is 15.5. The van der Waals surface area contributed by atoms with E-state index in [-0.39, 0.29) is 13.1 Å². The summed E-state index contributed by atoms with van der Waals surface area (Å²) in [5.41, 5.74) is 1.05. The Kier molecular flexibility index (Phi) is 4.22. The van der Waals surface area contributed by atoms with E-state index in [1.165, 1.54) is 0 Å². The van der Waals surface area contributed by atoms with Crippen LogP contribution in [-0.4, -0.2) is 57.8 Å². The lowest BCUT2D eigenvalue weighted by Gasteiger charge is -2.15. The van der Waals surface area contributed by atoms with Crippen molar-refractivity contribution in [1.29, 1.82) is 0 Å². The molecular formula is C13H19NO4S2. The minimum absolute atomic E-state index is 0.269. The van der Waals surface area contributed by atoms with Gasteiger partial charge in [0.15, 0.2) is 19.7 Å². The maximum absolute atomic E-state index is 11.8. The van der Waals surface area contributed by atoms with Gasteiger partial charge < -0.3 is 0 Å². The molecule has 0 amide bonds. The zero-order chi connectivity index (χ0) is 15.0. The predicted octanol–water partition coefficient (Wildman–Crippen LogP) is 0.329. The number of nitrogens with zero attached hydrogens (tertiary/aromatic N) is 1. The molecule has 0 spiro atoms. The largest absolute Gasteiger partial charge is 0.296 e. The van der Waals surface area contributed by atoms with Crippen molar-refractivity contribution < 1.29 is 16.8 Å². The summed E-state index contributed by atoms with van der Waals surface area (Å²) in [6, 6.07) is 9.62. The van der Waals surface area contributed by atoms with E-state index in [1.54, 1.807) is 0 Å². The molecule has 2 atom stereocenters. The highest BCUT2D eigenvalue weighted by Crippen LogP contribution is 2.24. The molecule has 1 fully saturated rings. The monoisotopic (exact) mass is 317 g/mol. The summed E-state index contributed by atoms with van der Waals surface area (Å²) in [4.78, 5) is 1.90. The lowest BCUT2D eigenvalue weighted by molar-refractivity contribution is 0.331. The Morgan fingerprint density at radius 2 is 1.40 bits per heavy atom. The summed E-state index contributed by atoms with van der Waals surface area (Å²) in [5, 5.41) is -1.66. The summed E-state index contributed by atoms with van der Waals surface area (Å²) in [5.74, 6) is 0. The van der Waals surface area contributed by atoms with E-state index in [9.17, 15) is 16.8 Å². The topological polar surface area (TPSA) is 71.5 Å². The van der Waals surface area contributed by atoms with Gasteiger partial charge in [0.05, 0.1) is 10.5 Å². The molecule has 0 saturated carbocycles. The van der Waals surface area contributed by atoms with Crippen molar-refractivity contribution in [3.63, 3.8) is 0 Å². The Hall–Kier alpha value is -0.920. The van der Waals surface area contributed by atoms with Gasteiger partial charge in [0.25, 0.3) is 0 Å². The average Bonchev–Trinajstić information content (AvgIpc) is 2.74. The lowest BCUT2D eigenvalue weighted by atomic mass is 10.2. The third-order valence-electron chi connectivity index (χ3n) is 3.64. The fourth-order valence-electron chi connectivity index (χ4n) is 2.61. The van der Waals surface area contributed by atoms with Crippen molar-refractivity contribution >= 4 is 19.7 Å². The van der Waals surface area contributed by atoms with Crippen LogP contribution in [0.1, 0.15) is 5.56 Å². The molecular weight excluding hydrogens is 298 g/mol. The third-order valence-corrected chi connectivity index (χ3v) is 6.97. The lowest BCUT2D eigenvalue weighted by Crippen LogP contribution is -2.37. The minimum Gasteiger partial charge on any atom is -0.296 e. The van der Waals surface area contributed by atoms with E-state index < -0.39 is 30.2 Å². The second-order valence-electron chi connectivity index (χ2n) is 5.42. The first-order valence-electron chi connectivity index (χ1n) is 6.32. The molecule has 0 unspecified atom stereocenters. The van der Waals surface area contributed by atoms with Crippen LogP contribution in [0.15, 0.2) is 30.3 Å². The van der Waals surface area contributed by atoms with E-state index in [1.807, 2.05) is 35.2 Å². The normalized spacial score (nSPS) is 24.9. The van der Waals surface area contributed by atoms with Crippen molar-refractivity contribution in [2.45, 2.75) is 17.0 Å². The fourth-order valence-corrected chi connectivity index (χ4v) is 6.06. The Labute approximate surface area is 120 Å². The average molecular weight is 317 g/mol. The van der Waals surface area contributed by atoms with Crippen molar-refractivity contribution in [2.24, 2.45) is 0 Å². The third kappa shape index (κ3) is 3.59. The first-order valence-corrected chi connectivity index (χ1v) is 10.2. The van der Waals surface area contributed by atoms with Crippen LogP contribution in [0.4, 0.5) is 0 Å². The van der Waals surface area contributed by atoms with Crippen LogP contribution in [0, 0.1) is 0 Å². The van der Waals surface area contributed by atoms with Crippen molar-refractivity contribution in [2.75, 3.05) is 25.6 Å². The minimum atomic E-state index is -3.38. The fraction of sp³-hybridized carbons (Fsp3) is 0.538. The molecule has 5 nitrogen and oxygen atoms in total. The van der Waals surface area contributed by atoms with E-state index in [0.717, 1.165) is 18.1 Å². The second kappa shape index (κ2) is 5.46. The SMILES string of the molecule is CS(=O)(=O)[C@H]1CN(Cc2ccccc2)C[C@@H]1S(C)(=O)=O. The zero-order valence-electron chi connectivity index (χ0n) is 11.6. The number of sulfone groups is 2. The van der Waals surface area contributed by atoms with Gasteiger partial charge in [0.1, 0.15) is 0 Å². The number of hydrogen-bond donors (Lipinski definition) is 0. The van der Waals surface area contributed by atoms with Gasteiger partial charge in [-0.3, -0.25) is 4.90 Å². The molecule has 2 rings (SSSR count). The van der Waals surface area contributed by atoms with Crippen molar-refractivity contribution in [3.8, 4) is 0 Å².